The predicted octanol–water partition coefficient (Wildman–Crippen LogP) is 2.48. The molecule has 5 nitrogen and oxygen atoms in total. The Labute approximate surface area is 106 Å². The van der Waals surface area contributed by atoms with Gasteiger partial charge in [-0.15, -0.1) is 0 Å². The van der Waals surface area contributed by atoms with Crippen LogP contribution < -0.4 is 10.5 Å². The van der Waals surface area contributed by atoms with Gasteiger partial charge in [-0.25, -0.2) is 0 Å². The van der Waals surface area contributed by atoms with Crippen LogP contribution in [0.15, 0.2) is 18.2 Å². The summed E-state index contributed by atoms with van der Waals surface area (Å²) < 4.78 is 43.4. The maximum Gasteiger partial charge on any atom is 0.423 e. The smallest absolute Gasteiger partial charge is 0.423 e. The maximum absolute atomic E-state index is 12.7. The highest BCUT2D eigenvalue weighted by atomic mass is 19.4. The second-order valence-corrected chi connectivity index (χ2v) is 4.41. The molecule has 1 aromatic carbocycles. The molecule has 104 valence electrons. The lowest BCUT2D eigenvalue weighted by Gasteiger charge is -2.32. The van der Waals surface area contributed by atoms with Crippen LogP contribution in [0.2, 0.25) is 0 Å². The van der Waals surface area contributed by atoms with Gasteiger partial charge in [0.2, 0.25) is 0 Å². The van der Waals surface area contributed by atoms with E-state index in [1.807, 2.05) is 0 Å². The van der Waals surface area contributed by atoms with E-state index in [0.717, 1.165) is 12.1 Å². The Morgan fingerprint density at radius 1 is 1.37 bits per heavy atom. The molecule has 1 saturated carbocycles. The summed E-state index contributed by atoms with van der Waals surface area (Å²) in [5.41, 5.74) is 3.25. The van der Waals surface area contributed by atoms with E-state index in [9.17, 15) is 23.3 Å². The van der Waals surface area contributed by atoms with Crippen LogP contribution in [-0.2, 0) is 6.18 Å². The fraction of sp³-hybridized carbons (Fsp3) is 0.455. The van der Waals surface area contributed by atoms with Gasteiger partial charge in [0, 0.05) is 12.1 Å². The molecule has 0 aromatic heterocycles. The molecule has 0 bridgehead atoms. The monoisotopic (exact) mass is 276 g/mol. The van der Waals surface area contributed by atoms with Crippen molar-refractivity contribution in [2.75, 3.05) is 0 Å². The molecule has 0 unspecified atom stereocenters. The number of hydrogen-bond acceptors (Lipinski definition) is 4. The summed E-state index contributed by atoms with van der Waals surface area (Å²) >= 11 is 0. The Morgan fingerprint density at radius 3 is 2.47 bits per heavy atom. The molecule has 1 fully saturated rings. The van der Waals surface area contributed by atoms with Gasteiger partial charge in [-0.2, -0.15) is 13.2 Å². The molecule has 8 heteroatoms. The minimum atomic E-state index is -4.79. The van der Waals surface area contributed by atoms with E-state index in [4.69, 9.17) is 10.5 Å². The van der Waals surface area contributed by atoms with Crippen LogP contribution in [0.3, 0.4) is 0 Å². The van der Waals surface area contributed by atoms with E-state index < -0.39 is 22.4 Å². The van der Waals surface area contributed by atoms with Crippen LogP contribution in [0.1, 0.15) is 18.4 Å². The zero-order valence-corrected chi connectivity index (χ0v) is 9.68. The summed E-state index contributed by atoms with van der Waals surface area (Å²) in [5.74, 6) is -0.0326. The number of nitro benzene ring substituents is 1. The van der Waals surface area contributed by atoms with Crippen LogP contribution >= 0.6 is 0 Å². The number of rotatable bonds is 3. The molecule has 0 atom stereocenters. The summed E-state index contributed by atoms with van der Waals surface area (Å²) in [6.07, 6.45) is -3.88. The molecule has 1 aromatic rings. The van der Waals surface area contributed by atoms with Crippen molar-refractivity contribution in [1.82, 2.24) is 0 Å². The van der Waals surface area contributed by atoms with Crippen molar-refractivity contribution in [1.29, 1.82) is 0 Å². The highest BCUT2D eigenvalue weighted by molar-refractivity contribution is 5.47. The molecule has 0 amide bonds. The summed E-state index contributed by atoms with van der Waals surface area (Å²) in [6, 6.07) is 2.63. The van der Waals surface area contributed by atoms with E-state index in [2.05, 4.69) is 0 Å². The number of nitrogens with zero attached hydrogens (tertiary/aromatic N) is 1. The van der Waals surface area contributed by atoms with Gasteiger partial charge in [0.05, 0.1) is 4.92 Å². The van der Waals surface area contributed by atoms with Gasteiger partial charge in [-0.05, 0) is 25.0 Å². The number of benzene rings is 1. The van der Waals surface area contributed by atoms with Gasteiger partial charge < -0.3 is 10.5 Å². The number of halogens is 3. The van der Waals surface area contributed by atoms with Gasteiger partial charge in [-0.1, -0.05) is 0 Å². The predicted molar refractivity (Wildman–Crippen MR) is 59.7 cm³/mol. The van der Waals surface area contributed by atoms with Gasteiger partial charge in [-0.3, -0.25) is 10.1 Å². The standard InChI is InChI=1S/C11H11F3N2O3/c12-11(13,14)9-5-7(1-2-10(9)16(17)18)19-8-3-6(15)4-8/h1-2,5-6,8H,3-4,15H2. The molecule has 1 aliphatic carbocycles. The Morgan fingerprint density at radius 2 is 2.00 bits per heavy atom. The van der Waals surface area contributed by atoms with Crippen molar-refractivity contribution in [3.63, 3.8) is 0 Å². The Kier molecular flexibility index (Phi) is 3.36. The van der Waals surface area contributed by atoms with Crippen molar-refractivity contribution >= 4 is 5.69 Å². The molecule has 0 radical (unpaired) electrons. The fourth-order valence-corrected chi connectivity index (χ4v) is 1.87. The lowest BCUT2D eigenvalue weighted by atomic mass is 9.90. The van der Waals surface area contributed by atoms with Crippen LogP contribution in [0.25, 0.3) is 0 Å². The molecular formula is C11H11F3N2O3. The third-order valence-electron chi connectivity index (χ3n) is 2.90. The van der Waals surface area contributed by atoms with Crippen LogP contribution in [0.4, 0.5) is 18.9 Å². The molecule has 0 saturated heterocycles. The first-order valence-electron chi connectivity index (χ1n) is 5.55. The third kappa shape index (κ3) is 2.95. The van der Waals surface area contributed by atoms with E-state index in [1.165, 1.54) is 0 Å². The minimum Gasteiger partial charge on any atom is -0.490 e. The molecule has 0 spiro atoms. The van der Waals surface area contributed by atoms with Crippen LogP contribution in [0, 0.1) is 10.1 Å². The first-order chi connectivity index (χ1) is 8.77. The van der Waals surface area contributed by atoms with Crippen molar-refractivity contribution in [3.05, 3.63) is 33.9 Å². The highest BCUT2D eigenvalue weighted by Gasteiger charge is 2.39. The molecule has 1 aliphatic rings. The van der Waals surface area contributed by atoms with Crippen LogP contribution in [0.5, 0.6) is 5.75 Å². The molecule has 0 aliphatic heterocycles. The van der Waals surface area contributed by atoms with E-state index in [-0.39, 0.29) is 17.9 Å². The number of nitrogens with two attached hydrogens (primary N) is 1. The van der Waals surface area contributed by atoms with Crippen LogP contribution in [-0.4, -0.2) is 17.1 Å². The highest BCUT2D eigenvalue weighted by Crippen LogP contribution is 2.38. The number of nitro groups is 1. The van der Waals surface area contributed by atoms with E-state index in [0.29, 0.717) is 18.9 Å². The second-order valence-electron chi connectivity index (χ2n) is 4.41. The largest absolute Gasteiger partial charge is 0.490 e. The van der Waals surface area contributed by atoms with Crippen molar-refractivity contribution < 1.29 is 22.8 Å². The molecule has 2 rings (SSSR count). The molecule has 2 N–H and O–H groups in total. The summed E-state index contributed by atoms with van der Waals surface area (Å²) in [4.78, 5) is 9.50. The summed E-state index contributed by atoms with van der Waals surface area (Å²) in [6.45, 7) is 0. The van der Waals surface area contributed by atoms with Gasteiger partial charge in [0.1, 0.15) is 17.4 Å². The van der Waals surface area contributed by atoms with E-state index >= 15 is 0 Å². The summed E-state index contributed by atoms with van der Waals surface area (Å²) in [7, 11) is 0. The quantitative estimate of drug-likeness (QED) is 0.679. The number of alkyl halides is 3. The maximum atomic E-state index is 12.7. The first-order valence-corrected chi connectivity index (χ1v) is 5.55. The first kappa shape index (κ1) is 13.6. The average molecular weight is 276 g/mol. The lowest BCUT2D eigenvalue weighted by Crippen LogP contribution is -2.43. The molecule has 0 heterocycles. The molecule has 19 heavy (non-hydrogen) atoms. The van der Waals surface area contributed by atoms with Gasteiger partial charge in [0.25, 0.3) is 5.69 Å². The topological polar surface area (TPSA) is 78.4 Å². The fourth-order valence-electron chi connectivity index (χ4n) is 1.87. The zero-order chi connectivity index (χ0) is 14.2. The molecular weight excluding hydrogens is 265 g/mol. The second kappa shape index (κ2) is 4.69. The number of ether oxygens (including phenoxy) is 1. The Hall–Kier alpha value is -1.83. The normalized spacial score (nSPS) is 22.7. The zero-order valence-electron chi connectivity index (χ0n) is 9.68. The lowest BCUT2D eigenvalue weighted by molar-refractivity contribution is -0.388. The van der Waals surface area contributed by atoms with E-state index in [1.54, 1.807) is 0 Å². The summed E-state index contributed by atoms with van der Waals surface area (Å²) in [5, 5.41) is 10.6. The average Bonchev–Trinajstić information content (AvgIpc) is 2.25. The van der Waals surface area contributed by atoms with Crippen molar-refractivity contribution in [3.8, 4) is 5.75 Å². The third-order valence-corrected chi connectivity index (χ3v) is 2.90. The van der Waals surface area contributed by atoms with Crippen molar-refractivity contribution in [2.24, 2.45) is 5.73 Å². The Balaban J connectivity index is 2.25. The Bertz CT molecular complexity index is 498. The SMILES string of the molecule is NC1CC(Oc2ccc([N+](=O)[O-])c(C(F)(F)F)c2)C1. The number of hydrogen-bond donors (Lipinski definition) is 1. The van der Waals surface area contributed by atoms with Crippen molar-refractivity contribution in [2.45, 2.75) is 31.2 Å². The van der Waals surface area contributed by atoms with Gasteiger partial charge in [0.15, 0.2) is 0 Å². The minimum absolute atomic E-state index is 0.00475. The van der Waals surface area contributed by atoms with Gasteiger partial charge >= 0.3 is 6.18 Å².